The van der Waals surface area contributed by atoms with Crippen LogP contribution in [0.4, 0.5) is 0 Å². The van der Waals surface area contributed by atoms with Gasteiger partial charge in [0, 0.05) is 18.2 Å². The molecule has 1 amide bonds. The Kier molecular flexibility index (Phi) is 4.46. The maximum absolute atomic E-state index is 12.4. The summed E-state index contributed by atoms with van der Waals surface area (Å²) in [7, 11) is 0. The fraction of sp³-hybridized carbons (Fsp3) is 0.538. The third-order valence-corrected chi connectivity index (χ3v) is 3.76. The van der Waals surface area contributed by atoms with E-state index >= 15 is 0 Å². The first kappa shape index (κ1) is 13.6. The highest BCUT2D eigenvalue weighted by Gasteiger charge is 2.26. The highest BCUT2D eigenvalue weighted by atomic mass is 35.5. The molecule has 1 aromatic rings. The molecule has 0 atom stereocenters. The van der Waals surface area contributed by atoms with Gasteiger partial charge in [-0.15, -0.1) is 0 Å². The monoisotopic (exact) mass is 286 g/mol. The zero-order valence-corrected chi connectivity index (χ0v) is 11.8. The van der Waals surface area contributed by atoms with Gasteiger partial charge in [0.05, 0.1) is 0 Å². The van der Waals surface area contributed by atoms with Crippen molar-refractivity contribution < 1.29 is 4.79 Å². The molecule has 0 spiro atoms. The molecule has 18 heavy (non-hydrogen) atoms. The smallest absolute Gasteiger partial charge is 0.254 e. The average Bonchev–Trinajstić information content (AvgIpc) is 2.82. The summed E-state index contributed by atoms with van der Waals surface area (Å²) in [6, 6.07) is 3.51. The molecule has 1 aromatic heterocycles. The molecular formula is C13H16Cl2N2O. The number of halogens is 2. The Morgan fingerprint density at radius 1 is 1.33 bits per heavy atom. The van der Waals surface area contributed by atoms with Crippen LogP contribution in [-0.2, 0) is 0 Å². The fourth-order valence-corrected chi connectivity index (χ4v) is 3.00. The van der Waals surface area contributed by atoms with E-state index in [-0.39, 0.29) is 16.2 Å². The number of aromatic nitrogens is 1. The highest BCUT2D eigenvalue weighted by molar-refractivity contribution is 6.33. The van der Waals surface area contributed by atoms with E-state index in [0.29, 0.717) is 18.2 Å². The highest BCUT2D eigenvalue weighted by Crippen LogP contribution is 2.25. The molecular weight excluding hydrogens is 271 g/mol. The van der Waals surface area contributed by atoms with Crippen molar-refractivity contribution >= 4 is 29.1 Å². The van der Waals surface area contributed by atoms with Crippen molar-refractivity contribution in [2.45, 2.75) is 38.6 Å². The first-order valence-corrected chi connectivity index (χ1v) is 7.01. The van der Waals surface area contributed by atoms with Crippen molar-refractivity contribution in [1.29, 1.82) is 0 Å². The number of rotatable bonds is 3. The van der Waals surface area contributed by atoms with Gasteiger partial charge in [0.2, 0.25) is 0 Å². The van der Waals surface area contributed by atoms with Crippen LogP contribution >= 0.6 is 23.2 Å². The van der Waals surface area contributed by atoms with Crippen molar-refractivity contribution in [3.8, 4) is 0 Å². The van der Waals surface area contributed by atoms with Gasteiger partial charge in [0.1, 0.15) is 10.3 Å². The van der Waals surface area contributed by atoms with Crippen LogP contribution in [0.1, 0.15) is 43.0 Å². The number of carbonyl (C=O) groups excluding carboxylic acids is 1. The van der Waals surface area contributed by atoms with Crippen LogP contribution in [0.3, 0.4) is 0 Å². The number of amides is 1. The fourth-order valence-electron chi connectivity index (χ4n) is 2.54. The average molecular weight is 287 g/mol. The molecule has 5 heteroatoms. The molecule has 0 radical (unpaired) electrons. The molecule has 1 fully saturated rings. The zero-order valence-electron chi connectivity index (χ0n) is 10.3. The minimum Gasteiger partial charge on any atom is -0.336 e. The molecule has 1 aliphatic carbocycles. The molecule has 0 aromatic carbocycles. The van der Waals surface area contributed by atoms with E-state index in [0.717, 1.165) is 12.8 Å². The first-order chi connectivity index (χ1) is 8.61. The zero-order chi connectivity index (χ0) is 13.1. The van der Waals surface area contributed by atoms with Gasteiger partial charge >= 0.3 is 0 Å². The molecule has 3 nitrogen and oxygen atoms in total. The van der Waals surface area contributed by atoms with Gasteiger partial charge in [-0.2, -0.15) is 0 Å². The maximum Gasteiger partial charge on any atom is 0.254 e. The minimum atomic E-state index is -0.00407. The molecule has 0 N–H and O–H groups in total. The molecule has 98 valence electrons. The summed E-state index contributed by atoms with van der Waals surface area (Å²) in [4.78, 5) is 18.2. The largest absolute Gasteiger partial charge is 0.336 e. The summed E-state index contributed by atoms with van der Waals surface area (Å²) in [5.74, 6) is -0.00407. The Morgan fingerprint density at radius 2 is 1.89 bits per heavy atom. The van der Waals surface area contributed by atoms with Crippen LogP contribution in [0.5, 0.6) is 0 Å². The Morgan fingerprint density at radius 3 is 2.39 bits per heavy atom. The minimum absolute atomic E-state index is 0.00407. The van der Waals surface area contributed by atoms with E-state index < -0.39 is 0 Å². The summed E-state index contributed by atoms with van der Waals surface area (Å²) < 4.78 is 0. The second-order valence-electron chi connectivity index (χ2n) is 4.53. The molecule has 0 bridgehead atoms. The van der Waals surface area contributed by atoms with Crippen molar-refractivity contribution in [2.75, 3.05) is 6.54 Å². The maximum atomic E-state index is 12.4. The quantitative estimate of drug-likeness (QED) is 0.792. The second-order valence-corrected chi connectivity index (χ2v) is 5.31. The van der Waals surface area contributed by atoms with Crippen molar-refractivity contribution in [1.82, 2.24) is 9.88 Å². The lowest BCUT2D eigenvalue weighted by Crippen LogP contribution is -2.38. The summed E-state index contributed by atoms with van der Waals surface area (Å²) in [5, 5.41) is 0.515. The first-order valence-electron chi connectivity index (χ1n) is 6.26. The van der Waals surface area contributed by atoms with Crippen LogP contribution in [-0.4, -0.2) is 28.4 Å². The van der Waals surface area contributed by atoms with Crippen LogP contribution in [0.15, 0.2) is 12.1 Å². The standard InChI is InChI=1S/C13H16Cl2N2O/c1-2-17(10-5-3-4-6-10)13(18)9-7-11(14)16-12(15)8-9/h7-8,10H,2-6H2,1H3. The van der Waals surface area contributed by atoms with Crippen LogP contribution in [0.2, 0.25) is 10.3 Å². The lowest BCUT2D eigenvalue weighted by molar-refractivity contribution is 0.0693. The third kappa shape index (κ3) is 2.96. The van der Waals surface area contributed by atoms with E-state index in [1.54, 1.807) is 12.1 Å². The lowest BCUT2D eigenvalue weighted by Gasteiger charge is -2.27. The molecule has 0 saturated heterocycles. The Hall–Kier alpha value is -0.800. The molecule has 1 saturated carbocycles. The third-order valence-electron chi connectivity index (χ3n) is 3.38. The Balaban J connectivity index is 2.22. The van der Waals surface area contributed by atoms with E-state index in [1.165, 1.54) is 12.8 Å². The van der Waals surface area contributed by atoms with Crippen molar-refractivity contribution in [2.24, 2.45) is 0 Å². The number of hydrogen-bond acceptors (Lipinski definition) is 2. The SMILES string of the molecule is CCN(C(=O)c1cc(Cl)nc(Cl)c1)C1CCCC1. The van der Waals surface area contributed by atoms with Crippen molar-refractivity contribution in [3.05, 3.63) is 28.0 Å². The van der Waals surface area contributed by atoms with Gasteiger partial charge < -0.3 is 4.90 Å². The molecule has 0 unspecified atom stereocenters. The van der Waals surface area contributed by atoms with Crippen LogP contribution < -0.4 is 0 Å². The lowest BCUT2D eigenvalue weighted by atomic mass is 10.1. The summed E-state index contributed by atoms with van der Waals surface area (Å²) in [5.41, 5.74) is 0.522. The molecule has 0 aliphatic heterocycles. The number of pyridine rings is 1. The van der Waals surface area contributed by atoms with Crippen molar-refractivity contribution in [3.63, 3.8) is 0 Å². The van der Waals surface area contributed by atoms with Crippen LogP contribution in [0, 0.1) is 0 Å². The summed E-state index contributed by atoms with van der Waals surface area (Å²) in [6.45, 7) is 2.71. The number of hydrogen-bond donors (Lipinski definition) is 0. The number of nitrogens with zero attached hydrogens (tertiary/aromatic N) is 2. The van der Waals surface area contributed by atoms with Gasteiger partial charge in [-0.25, -0.2) is 4.98 Å². The topological polar surface area (TPSA) is 33.2 Å². The van der Waals surface area contributed by atoms with E-state index in [1.807, 2.05) is 11.8 Å². The second kappa shape index (κ2) is 5.89. The normalized spacial score (nSPS) is 15.9. The van der Waals surface area contributed by atoms with Gasteiger partial charge in [0.25, 0.3) is 5.91 Å². The van der Waals surface area contributed by atoms with E-state index in [4.69, 9.17) is 23.2 Å². The molecule has 1 aliphatic rings. The number of carbonyl (C=O) groups is 1. The van der Waals surface area contributed by atoms with Gasteiger partial charge in [-0.05, 0) is 31.9 Å². The predicted molar refractivity (Wildman–Crippen MR) is 73.2 cm³/mol. The summed E-state index contributed by atoms with van der Waals surface area (Å²) in [6.07, 6.45) is 4.58. The summed E-state index contributed by atoms with van der Waals surface area (Å²) >= 11 is 11.7. The molecule has 1 heterocycles. The Bertz CT molecular complexity index is 424. The van der Waals surface area contributed by atoms with Gasteiger partial charge in [-0.1, -0.05) is 36.0 Å². The predicted octanol–water partition coefficient (Wildman–Crippen LogP) is 3.79. The van der Waals surface area contributed by atoms with E-state index in [9.17, 15) is 4.79 Å². The van der Waals surface area contributed by atoms with Crippen LogP contribution in [0.25, 0.3) is 0 Å². The Labute approximate surface area is 117 Å². The van der Waals surface area contributed by atoms with E-state index in [2.05, 4.69) is 4.98 Å². The van der Waals surface area contributed by atoms with Gasteiger partial charge in [-0.3, -0.25) is 4.79 Å². The van der Waals surface area contributed by atoms with Gasteiger partial charge in [0.15, 0.2) is 0 Å². The molecule has 2 rings (SSSR count).